The van der Waals surface area contributed by atoms with Crippen LogP contribution in [0, 0.1) is 0 Å². The molecule has 0 saturated heterocycles. The Morgan fingerprint density at radius 2 is 1.77 bits per heavy atom. The lowest BCUT2D eigenvalue weighted by Crippen LogP contribution is -2.32. The van der Waals surface area contributed by atoms with E-state index in [1.165, 1.54) is 0 Å². The van der Waals surface area contributed by atoms with Crippen molar-refractivity contribution < 1.29 is 14.3 Å². The number of amides is 1. The van der Waals surface area contributed by atoms with E-state index in [1.807, 2.05) is 77.3 Å². The van der Waals surface area contributed by atoms with E-state index in [0.717, 1.165) is 22.6 Å². The number of hydrogen-bond acceptors (Lipinski definition) is 5. The Bertz CT molecular complexity index is 1490. The number of hydrogen-bond donors (Lipinski definition) is 0. The molecule has 0 fully saturated rings. The number of methoxy groups -OCH3 is 2. The third-order valence-electron chi connectivity index (χ3n) is 5.91. The highest BCUT2D eigenvalue weighted by atomic mass is 16.5. The van der Waals surface area contributed by atoms with Crippen LogP contribution in [0.25, 0.3) is 16.9 Å². The second-order valence-corrected chi connectivity index (χ2v) is 8.01. The maximum absolute atomic E-state index is 13.9. The lowest BCUT2D eigenvalue weighted by atomic mass is 10.1. The summed E-state index contributed by atoms with van der Waals surface area (Å²) in [5, 5.41) is 4.63. The van der Waals surface area contributed by atoms with Crippen LogP contribution < -0.4 is 14.4 Å². The van der Waals surface area contributed by atoms with Crippen molar-refractivity contribution in [1.29, 1.82) is 0 Å². The number of carbonyl (C=O) groups is 1. The van der Waals surface area contributed by atoms with Crippen LogP contribution in [0.15, 0.2) is 85.2 Å². The fourth-order valence-electron chi connectivity index (χ4n) is 4.10. The van der Waals surface area contributed by atoms with Gasteiger partial charge in [-0.25, -0.2) is 4.98 Å². The molecule has 0 radical (unpaired) electrons. The molecule has 0 aliphatic carbocycles. The molecule has 0 aliphatic heterocycles. The van der Waals surface area contributed by atoms with E-state index in [0.29, 0.717) is 29.4 Å². The lowest BCUT2D eigenvalue weighted by molar-refractivity contribution is 0.0975. The third-order valence-corrected chi connectivity index (χ3v) is 5.91. The number of aryl methyl sites for hydroxylation is 1. The number of anilines is 1. The van der Waals surface area contributed by atoms with Crippen LogP contribution in [-0.4, -0.2) is 39.3 Å². The maximum Gasteiger partial charge on any atom is 0.276 e. The molecule has 8 heteroatoms. The number of carbonyl (C=O) groups excluding carboxylic acids is 1. The Morgan fingerprint density at radius 1 is 0.971 bits per heavy atom. The summed E-state index contributed by atoms with van der Waals surface area (Å²) in [6, 6.07) is 22.7. The Morgan fingerprint density at radius 3 is 2.54 bits per heavy atom. The van der Waals surface area contributed by atoms with Gasteiger partial charge in [-0.2, -0.15) is 5.10 Å². The van der Waals surface area contributed by atoms with Crippen LogP contribution in [0.4, 0.5) is 5.69 Å². The first-order valence-electron chi connectivity index (χ1n) is 11.1. The monoisotopic (exact) mass is 467 g/mol. The van der Waals surface area contributed by atoms with Gasteiger partial charge in [0.25, 0.3) is 5.91 Å². The number of aromatic nitrogens is 4. The fourth-order valence-corrected chi connectivity index (χ4v) is 4.10. The number of imidazole rings is 1. The average molecular weight is 468 g/mol. The van der Waals surface area contributed by atoms with Gasteiger partial charge in [0, 0.05) is 24.5 Å². The molecule has 3 heterocycles. The summed E-state index contributed by atoms with van der Waals surface area (Å²) in [5.74, 6) is 1.15. The fraction of sp³-hybridized carbons (Fsp3) is 0.148. The highest BCUT2D eigenvalue weighted by Gasteiger charge is 2.24. The minimum Gasteiger partial charge on any atom is -0.497 e. The second kappa shape index (κ2) is 9.34. The summed E-state index contributed by atoms with van der Waals surface area (Å²) in [4.78, 5) is 20.1. The van der Waals surface area contributed by atoms with E-state index in [1.54, 1.807) is 43.1 Å². The number of pyridine rings is 1. The summed E-state index contributed by atoms with van der Waals surface area (Å²) in [5.41, 5.74) is 4.32. The number of nitrogens with zero attached hydrogens (tertiary/aromatic N) is 5. The van der Waals surface area contributed by atoms with Crippen molar-refractivity contribution >= 4 is 17.2 Å². The van der Waals surface area contributed by atoms with E-state index < -0.39 is 0 Å². The van der Waals surface area contributed by atoms with Crippen LogP contribution in [-0.2, 0) is 13.6 Å². The molecule has 176 valence electrons. The molecule has 1 amide bonds. The van der Waals surface area contributed by atoms with Crippen molar-refractivity contribution in [2.75, 3.05) is 19.1 Å². The highest BCUT2D eigenvalue weighted by molar-refractivity contribution is 6.05. The van der Waals surface area contributed by atoms with Gasteiger partial charge in [0.1, 0.15) is 22.8 Å². The Balaban J connectivity index is 1.55. The van der Waals surface area contributed by atoms with Crippen LogP contribution in [0.3, 0.4) is 0 Å². The van der Waals surface area contributed by atoms with Gasteiger partial charge in [-0.3, -0.25) is 9.48 Å². The minimum absolute atomic E-state index is 0.176. The first kappa shape index (κ1) is 22.2. The summed E-state index contributed by atoms with van der Waals surface area (Å²) >= 11 is 0. The summed E-state index contributed by atoms with van der Waals surface area (Å²) in [6.07, 6.45) is 3.75. The molecule has 3 aromatic heterocycles. The molecule has 35 heavy (non-hydrogen) atoms. The molecule has 0 aliphatic rings. The van der Waals surface area contributed by atoms with Crippen molar-refractivity contribution in [3.05, 3.63) is 96.6 Å². The highest BCUT2D eigenvalue weighted by Crippen LogP contribution is 2.33. The summed E-state index contributed by atoms with van der Waals surface area (Å²) in [6.45, 7) is 0.344. The van der Waals surface area contributed by atoms with Gasteiger partial charge in [-0.05, 0) is 48.5 Å². The molecule has 5 aromatic rings. The minimum atomic E-state index is -0.176. The standard InChI is InChI=1S/C27H25N5O3/c1-30-24(16-23(29-30)22-15-21(34-2)12-13-25(22)35-3)27(33)32(19-9-5-4-6-10-19)18-20-17-28-26-11-7-8-14-31(20)26/h4-17H,18H2,1-3H3. The second-order valence-electron chi connectivity index (χ2n) is 8.01. The quantitative estimate of drug-likeness (QED) is 0.350. The Hall–Kier alpha value is -4.59. The van der Waals surface area contributed by atoms with E-state index >= 15 is 0 Å². The van der Waals surface area contributed by atoms with Crippen molar-refractivity contribution in [2.45, 2.75) is 6.54 Å². The number of para-hydroxylation sites is 1. The zero-order chi connectivity index (χ0) is 24.4. The molecule has 0 spiro atoms. The van der Waals surface area contributed by atoms with E-state index in [-0.39, 0.29) is 5.91 Å². The topological polar surface area (TPSA) is 73.9 Å². The van der Waals surface area contributed by atoms with Crippen molar-refractivity contribution in [3.63, 3.8) is 0 Å². The molecule has 0 atom stereocenters. The maximum atomic E-state index is 13.9. The SMILES string of the molecule is COc1ccc(OC)c(-c2cc(C(=O)N(Cc3cnc4ccccn34)c3ccccc3)n(C)n2)c1. The molecular formula is C27H25N5O3. The lowest BCUT2D eigenvalue weighted by Gasteiger charge is -2.22. The van der Waals surface area contributed by atoms with Crippen LogP contribution in [0.2, 0.25) is 0 Å². The normalized spacial score (nSPS) is 10.9. The summed E-state index contributed by atoms with van der Waals surface area (Å²) in [7, 11) is 4.98. The predicted molar refractivity (Wildman–Crippen MR) is 134 cm³/mol. The van der Waals surface area contributed by atoms with E-state index in [4.69, 9.17) is 9.47 Å². The zero-order valence-corrected chi connectivity index (χ0v) is 19.8. The van der Waals surface area contributed by atoms with Gasteiger partial charge in [-0.1, -0.05) is 24.3 Å². The van der Waals surface area contributed by atoms with Gasteiger partial charge in [-0.15, -0.1) is 0 Å². The molecular weight excluding hydrogens is 442 g/mol. The Kier molecular flexibility index (Phi) is 5.93. The molecule has 5 rings (SSSR count). The average Bonchev–Trinajstić information content (AvgIpc) is 3.50. The van der Waals surface area contributed by atoms with Crippen LogP contribution in [0.5, 0.6) is 11.5 Å². The van der Waals surface area contributed by atoms with Gasteiger partial charge in [0.2, 0.25) is 0 Å². The smallest absolute Gasteiger partial charge is 0.276 e. The van der Waals surface area contributed by atoms with Crippen LogP contribution >= 0.6 is 0 Å². The first-order chi connectivity index (χ1) is 17.1. The predicted octanol–water partition coefficient (Wildman–Crippen LogP) is 4.60. The van der Waals surface area contributed by atoms with Gasteiger partial charge >= 0.3 is 0 Å². The van der Waals surface area contributed by atoms with E-state index in [9.17, 15) is 4.79 Å². The zero-order valence-electron chi connectivity index (χ0n) is 19.8. The molecule has 0 N–H and O–H groups in total. The number of rotatable bonds is 7. The summed E-state index contributed by atoms with van der Waals surface area (Å²) < 4.78 is 14.5. The largest absolute Gasteiger partial charge is 0.497 e. The molecule has 0 unspecified atom stereocenters. The van der Waals surface area contributed by atoms with Gasteiger partial charge in [0.05, 0.1) is 38.3 Å². The van der Waals surface area contributed by atoms with Crippen molar-refractivity contribution in [1.82, 2.24) is 19.2 Å². The number of fused-ring (bicyclic) bond motifs is 1. The molecule has 8 nitrogen and oxygen atoms in total. The van der Waals surface area contributed by atoms with Crippen molar-refractivity contribution in [3.8, 4) is 22.8 Å². The molecule has 0 saturated carbocycles. The molecule has 0 bridgehead atoms. The van der Waals surface area contributed by atoms with Gasteiger partial charge in [0.15, 0.2) is 0 Å². The number of ether oxygens (including phenoxy) is 2. The van der Waals surface area contributed by atoms with E-state index in [2.05, 4.69) is 10.1 Å². The van der Waals surface area contributed by atoms with Crippen molar-refractivity contribution in [2.24, 2.45) is 7.05 Å². The number of benzene rings is 2. The Labute approximate surface area is 203 Å². The van der Waals surface area contributed by atoms with Gasteiger partial charge < -0.3 is 18.8 Å². The first-order valence-corrected chi connectivity index (χ1v) is 11.1. The molecule has 2 aromatic carbocycles. The van der Waals surface area contributed by atoms with Crippen LogP contribution in [0.1, 0.15) is 16.2 Å². The third kappa shape index (κ3) is 4.21.